The molecule has 0 aliphatic carbocycles. The van der Waals surface area contributed by atoms with Crippen LogP contribution in [-0.4, -0.2) is 37.7 Å². The molecule has 124 valence electrons. The van der Waals surface area contributed by atoms with E-state index in [1.807, 2.05) is 0 Å². The van der Waals surface area contributed by atoms with Crippen molar-refractivity contribution in [1.82, 2.24) is 24.6 Å². The maximum Gasteiger partial charge on any atom is 0.435 e. The molecule has 1 aliphatic heterocycles. The van der Waals surface area contributed by atoms with E-state index in [9.17, 15) is 13.2 Å². The van der Waals surface area contributed by atoms with E-state index in [-0.39, 0.29) is 12.1 Å². The molecule has 0 aromatic carbocycles. The Morgan fingerprint density at radius 1 is 1.22 bits per heavy atom. The van der Waals surface area contributed by atoms with Crippen LogP contribution >= 0.6 is 0 Å². The summed E-state index contributed by atoms with van der Waals surface area (Å²) in [5.74, 6) is 0. The van der Waals surface area contributed by atoms with E-state index in [4.69, 9.17) is 0 Å². The molecule has 0 unspecified atom stereocenters. The monoisotopic (exact) mass is 325 g/mol. The summed E-state index contributed by atoms with van der Waals surface area (Å²) >= 11 is 0. The molecular formula is C15H18F3N5. The Morgan fingerprint density at radius 3 is 2.52 bits per heavy atom. The van der Waals surface area contributed by atoms with Gasteiger partial charge in [-0.1, -0.05) is 0 Å². The highest BCUT2D eigenvalue weighted by atomic mass is 19.4. The van der Waals surface area contributed by atoms with Crippen LogP contribution in [0.2, 0.25) is 0 Å². The Bertz CT molecular complexity index is 632. The maximum atomic E-state index is 12.6. The van der Waals surface area contributed by atoms with Gasteiger partial charge in [0.05, 0.1) is 17.8 Å². The van der Waals surface area contributed by atoms with Crippen molar-refractivity contribution >= 4 is 0 Å². The Hall–Kier alpha value is -1.96. The van der Waals surface area contributed by atoms with Gasteiger partial charge in [-0.15, -0.1) is 0 Å². The zero-order valence-corrected chi connectivity index (χ0v) is 12.7. The van der Waals surface area contributed by atoms with Crippen LogP contribution < -0.4 is 0 Å². The lowest BCUT2D eigenvalue weighted by atomic mass is 10.0. The summed E-state index contributed by atoms with van der Waals surface area (Å²) in [5.41, 5.74) is 0.0808. The number of hydrogen-bond donors (Lipinski definition) is 0. The van der Waals surface area contributed by atoms with Crippen molar-refractivity contribution in [1.29, 1.82) is 0 Å². The third-order valence-electron chi connectivity index (χ3n) is 4.33. The van der Waals surface area contributed by atoms with Gasteiger partial charge in [-0.2, -0.15) is 18.3 Å². The zero-order chi connectivity index (χ0) is 16.4. The van der Waals surface area contributed by atoms with Crippen molar-refractivity contribution in [2.75, 3.05) is 13.1 Å². The van der Waals surface area contributed by atoms with E-state index in [1.54, 1.807) is 18.6 Å². The quantitative estimate of drug-likeness (QED) is 0.870. The van der Waals surface area contributed by atoms with Crippen molar-refractivity contribution in [3.8, 4) is 0 Å². The maximum absolute atomic E-state index is 12.6. The Kier molecular flexibility index (Phi) is 4.34. The van der Waals surface area contributed by atoms with Gasteiger partial charge in [0.25, 0.3) is 0 Å². The average molecular weight is 325 g/mol. The van der Waals surface area contributed by atoms with Gasteiger partial charge in [0.2, 0.25) is 0 Å². The van der Waals surface area contributed by atoms with Crippen molar-refractivity contribution in [3.05, 3.63) is 42.2 Å². The third kappa shape index (κ3) is 3.52. The SMILES string of the molecule is C[C@@H](c1cnccn1)N1CCC(n2ccc(C(F)(F)F)n2)CC1. The lowest BCUT2D eigenvalue weighted by molar-refractivity contribution is -0.141. The highest BCUT2D eigenvalue weighted by Gasteiger charge is 2.34. The minimum Gasteiger partial charge on any atom is -0.295 e. The number of hydrogen-bond acceptors (Lipinski definition) is 4. The smallest absolute Gasteiger partial charge is 0.295 e. The van der Waals surface area contributed by atoms with Gasteiger partial charge in [-0.05, 0) is 25.8 Å². The number of piperidine rings is 1. The molecule has 23 heavy (non-hydrogen) atoms. The van der Waals surface area contributed by atoms with Crippen LogP contribution in [-0.2, 0) is 6.18 Å². The van der Waals surface area contributed by atoms with Crippen LogP contribution in [0.5, 0.6) is 0 Å². The van der Waals surface area contributed by atoms with Crippen LogP contribution in [0.4, 0.5) is 13.2 Å². The van der Waals surface area contributed by atoms with Crippen molar-refractivity contribution in [3.63, 3.8) is 0 Å². The van der Waals surface area contributed by atoms with Crippen LogP contribution in [0, 0.1) is 0 Å². The average Bonchev–Trinajstić information content (AvgIpc) is 3.05. The first kappa shape index (κ1) is 15.9. The lowest BCUT2D eigenvalue weighted by Gasteiger charge is -2.35. The van der Waals surface area contributed by atoms with E-state index in [2.05, 4.69) is 26.9 Å². The number of halogens is 3. The summed E-state index contributed by atoms with van der Waals surface area (Å²) in [6.07, 6.45) is 3.63. The molecular weight excluding hydrogens is 307 g/mol. The second-order valence-corrected chi connectivity index (χ2v) is 5.75. The van der Waals surface area contributed by atoms with Crippen LogP contribution in [0.15, 0.2) is 30.9 Å². The molecule has 0 saturated carbocycles. The second-order valence-electron chi connectivity index (χ2n) is 5.75. The van der Waals surface area contributed by atoms with Crippen LogP contribution in [0.1, 0.15) is 43.2 Å². The highest BCUT2D eigenvalue weighted by Crippen LogP contribution is 2.31. The van der Waals surface area contributed by atoms with Gasteiger partial charge >= 0.3 is 6.18 Å². The number of alkyl halides is 3. The first-order chi connectivity index (χ1) is 10.9. The topological polar surface area (TPSA) is 46.8 Å². The second kappa shape index (κ2) is 6.27. The molecule has 3 heterocycles. The molecule has 1 saturated heterocycles. The predicted molar refractivity (Wildman–Crippen MR) is 77.5 cm³/mol. The van der Waals surface area contributed by atoms with Gasteiger partial charge in [-0.25, -0.2) is 0 Å². The minimum atomic E-state index is -4.38. The lowest BCUT2D eigenvalue weighted by Crippen LogP contribution is -2.37. The van der Waals surface area contributed by atoms with Gasteiger partial charge in [0.15, 0.2) is 5.69 Å². The first-order valence-electron chi connectivity index (χ1n) is 7.57. The number of aromatic nitrogens is 4. The molecule has 2 aromatic rings. The van der Waals surface area contributed by atoms with Crippen molar-refractivity contribution in [2.24, 2.45) is 0 Å². The van der Waals surface area contributed by atoms with E-state index in [0.29, 0.717) is 0 Å². The normalized spacial score (nSPS) is 19.0. The summed E-state index contributed by atoms with van der Waals surface area (Å²) in [6.45, 7) is 3.66. The summed E-state index contributed by atoms with van der Waals surface area (Å²) in [6, 6.07) is 1.19. The molecule has 0 radical (unpaired) electrons. The molecule has 0 spiro atoms. The van der Waals surface area contributed by atoms with Gasteiger partial charge < -0.3 is 0 Å². The molecule has 1 aliphatic rings. The van der Waals surface area contributed by atoms with Crippen molar-refractivity contribution in [2.45, 2.75) is 38.0 Å². The Labute approximate surface area is 132 Å². The standard InChI is InChI=1S/C15H18F3N5/c1-11(13-10-19-5-6-20-13)22-7-2-12(3-8-22)23-9-4-14(21-23)15(16,17)18/h4-6,9-12H,2-3,7-8H2,1H3/t11-/m0/s1. The van der Waals surface area contributed by atoms with Crippen LogP contribution in [0.3, 0.4) is 0 Å². The van der Waals surface area contributed by atoms with E-state index in [0.717, 1.165) is 37.7 Å². The number of likely N-dealkylation sites (tertiary alicyclic amines) is 1. The number of rotatable bonds is 3. The summed E-state index contributed by atoms with van der Waals surface area (Å²) in [5, 5.41) is 3.68. The molecule has 0 N–H and O–H groups in total. The summed E-state index contributed by atoms with van der Waals surface area (Å²) < 4.78 is 39.3. The Balaban J connectivity index is 1.61. The number of nitrogens with zero attached hydrogens (tertiary/aromatic N) is 5. The van der Waals surface area contributed by atoms with E-state index < -0.39 is 11.9 Å². The van der Waals surface area contributed by atoms with E-state index >= 15 is 0 Å². The fourth-order valence-electron chi connectivity index (χ4n) is 2.94. The Morgan fingerprint density at radius 2 is 1.96 bits per heavy atom. The highest BCUT2D eigenvalue weighted by molar-refractivity contribution is 5.05. The molecule has 8 heteroatoms. The van der Waals surface area contributed by atoms with Crippen molar-refractivity contribution < 1.29 is 13.2 Å². The van der Waals surface area contributed by atoms with E-state index in [1.165, 1.54) is 10.9 Å². The fourth-order valence-corrected chi connectivity index (χ4v) is 2.94. The summed E-state index contributed by atoms with van der Waals surface area (Å²) in [7, 11) is 0. The molecule has 0 amide bonds. The molecule has 3 rings (SSSR count). The zero-order valence-electron chi connectivity index (χ0n) is 12.7. The molecule has 0 bridgehead atoms. The van der Waals surface area contributed by atoms with Gasteiger partial charge in [0.1, 0.15) is 0 Å². The largest absolute Gasteiger partial charge is 0.435 e. The fraction of sp³-hybridized carbons (Fsp3) is 0.533. The predicted octanol–water partition coefficient (Wildman–Crippen LogP) is 3.09. The summed E-state index contributed by atoms with van der Waals surface area (Å²) in [4.78, 5) is 10.7. The first-order valence-corrected chi connectivity index (χ1v) is 7.57. The minimum absolute atomic E-state index is 0.0106. The van der Waals surface area contributed by atoms with Gasteiger partial charge in [-0.3, -0.25) is 19.5 Å². The molecule has 1 atom stereocenters. The third-order valence-corrected chi connectivity index (χ3v) is 4.33. The van der Waals surface area contributed by atoms with Gasteiger partial charge in [0, 0.05) is 37.9 Å². The molecule has 1 fully saturated rings. The van der Waals surface area contributed by atoms with Crippen LogP contribution in [0.25, 0.3) is 0 Å². The molecule has 2 aromatic heterocycles. The molecule has 5 nitrogen and oxygen atoms in total.